The molecule has 3 rings (SSSR count). The van der Waals surface area contributed by atoms with Crippen LogP contribution < -0.4 is 5.73 Å². The lowest BCUT2D eigenvalue weighted by atomic mass is 9.76. The fraction of sp³-hybridized carbons (Fsp3) is 0.867. The summed E-state index contributed by atoms with van der Waals surface area (Å²) in [4.78, 5) is 4.64. The van der Waals surface area contributed by atoms with Crippen molar-refractivity contribution in [3.05, 3.63) is 11.7 Å². The van der Waals surface area contributed by atoms with Crippen molar-refractivity contribution in [1.82, 2.24) is 10.1 Å². The summed E-state index contributed by atoms with van der Waals surface area (Å²) in [6.07, 6.45) is 10.6. The van der Waals surface area contributed by atoms with Gasteiger partial charge in [0, 0.05) is 5.92 Å². The first-order valence-corrected chi connectivity index (χ1v) is 7.84. The highest BCUT2D eigenvalue weighted by molar-refractivity contribution is 5.07. The van der Waals surface area contributed by atoms with Crippen molar-refractivity contribution >= 4 is 0 Å². The third-order valence-corrected chi connectivity index (χ3v) is 5.16. The highest BCUT2D eigenvalue weighted by Gasteiger charge is 2.38. The molecule has 0 spiro atoms. The van der Waals surface area contributed by atoms with E-state index >= 15 is 0 Å². The van der Waals surface area contributed by atoms with Crippen molar-refractivity contribution in [2.45, 2.75) is 76.2 Å². The summed E-state index contributed by atoms with van der Waals surface area (Å²) in [6, 6.07) is 0. The molecule has 4 nitrogen and oxygen atoms in total. The first-order valence-electron chi connectivity index (χ1n) is 7.84. The van der Waals surface area contributed by atoms with Crippen LogP contribution in [-0.2, 0) is 5.54 Å². The molecule has 106 valence electrons. The van der Waals surface area contributed by atoms with Gasteiger partial charge in [-0.1, -0.05) is 31.3 Å². The summed E-state index contributed by atoms with van der Waals surface area (Å²) in [5.74, 6) is 2.92. The average molecular weight is 263 g/mol. The maximum Gasteiger partial charge on any atom is 0.246 e. The average Bonchev–Trinajstić information content (AvgIpc) is 3.10. The van der Waals surface area contributed by atoms with E-state index in [2.05, 4.69) is 17.1 Å². The van der Waals surface area contributed by atoms with Crippen LogP contribution in [0.5, 0.6) is 0 Å². The Balaban J connectivity index is 1.71. The van der Waals surface area contributed by atoms with E-state index in [0.29, 0.717) is 11.8 Å². The normalized spacial score (nSPS) is 32.8. The Labute approximate surface area is 115 Å². The molecule has 19 heavy (non-hydrogen) atoms. The van der Waals surface area contributed by atoms with Gasteiger partial charge in [0.2, 0.25) is 5.89 Å². The second kappa shape index (κ2) is 5.23. The first-order chi connectivity index (χ1) is 9.21. The largest absolute Gasteiger partial charge is 0.337 e. The molecule has 1 heterocycles. The minimum atomic E-state index is -0.366. The van der Waals surface area contributed by atoms with E-state index in [1.807, 2.05) is 0 Å². The lowest BCUT2D eigenvalue weighted by molar-refractivity contribution is 0.181. The van der Waals surface area contributed by atoms with Gasteiger partial charge in [0.15, 0.2) is 5.82 Å². The third-order valence-electron chi connectivity index (χ3n) is 5.16. The molecule has 0 aromatic carbocycles. The molecule has 1 aromatic rings. The highest BCUT2D eigenvalue weighted by Crippen LogP contribution is 2.39. The summed E-state index contributed by atoms with van der Waals surface area (Å²) in [5.41, 5.74) is 6.15. The molecule has 0 amide bonds. The van der Waals surface area contributed by atoms with Crippen molar-refractivity contribution in [2.24, 2.45) is 11.7 Å². The standard InChI is InChI=1S/C15H25N3O/c1-2-11-7-9-15(16,10-8-11)14-17-13(18-19-14)12-5-3-4-6-12/h11-12H,2-10,16H2,1H3. The maximum absolute atomic E-state index is 6.51. The molecule has 4 heteroatoms. The lowest BCUT2D eigenvalue weighted by Crippen LogP contribution is -2.40. The van der Waals surface area contributed by atoms with Crippen molar-refractivity contribution in [3.8, 4) is 0 Å². The van der Waals surface area contributed by atoms with E-state index in [0.717, 1.165) is 24.6 Å². The van der Waals surface area contributed by atoms with Gasteiger partial charge in [-0.25, -0.2) is 0 Å². The van der Waals surface area contributed by atoms with Gasteiger partial charge in [0.1, 0.15) is 0 Å². The van der Waals surface area contributed by atoms with Gasteiger partial charge < -0.3 is 10.3 Å². The van der Waals surface area contributed by atoms with Crippen LogP contribution in [-0.4, -0.2) is 10.1 Å². The van der Waals surface area contributed by atoms with Gasteiger partial charge in [-0.3, -0.25) is 0 Å². The van der Waals surface area contributed by atoms with Gasteiger partial charge in [0.05, 0.1) is 5.54 Å². The Kier molecular flexibility index (Phi) is 3.61. The second-order valence-corrected chi connectivity index (χ2v) is 6.45. The number of hydrogen-bond acceptors (Lipinski definition) is 4. The topological polar surface area (TPSA) is 64.9 Å². The van der Waals surface area contributed by atoms with Gasteiger partial charge in [-0.2, -0.15) is 4.98 Å². The molecule has 0 saturated heterocycles. The zero-order valence-electron chi connectivity index (χ0n) is 11.9. The molecule has 0 bridgehead atoms. The highest BCUT2D eigenvalue weighted by atomic mass is 16.5. The SMILES string of the molecule is CCC1CCC(N)(c2nc(C3CCCC3)no2)CC1. The van der Waals surface area contributed by atoms with Gasteiger partial charge in [0.25, 0.3) is 0 Å². The summed E-state index contributed by atoms with van der Waals surface area (Å²) in [6.45, 7) is 2.26. The maximum atomic E-state index is 6.51. The lowest BCUT2D eigenvalue weighted by Gasteiger charge is -2.33. The molecular weight excluding hydrogens is 238 g/mol. The van der Waals surface area contributed by atoms with Gasteiger partial charge >= 0.3 is 0 Å². The van der Waals surface area contributed by atoms with Crippen LogP contribution in [0.2, 0.25) is 0 Å². The van der Waals surface area contributed by atoms with Crippen LogP contribution in [0.3, 0.4) is 0 Å². The third kappa shape index (κ3) is 2.55. The van der Waals surface area contributed by atoms with E-state index < -0.39 is 0 Å². The molecule has 0 radical (unpaired) electrons. The molecule has 2 aliphatic rings. The molecule has 2 fully saturated rings. The van der Waals surface area contributed by atoms with E-state index in [1.165, 1.54) is 44.9 Å². The van der Waals surface area contributed by atoms with Crippen molar-refractivity contribution in [3.63, 3.8) is 0 Å². The molecular formula is C15H25N3O. The van der Waals surface area contributed by atoms with Crippen molar-refractivity contribution in [1.29, 1.82) is 0 Å². The van der Waals surface area contributed by atoms with Crippen molar-refractivity contribution < 1.29 is 4.52 Å². The van der Waals surface area contributed by atoms with E-state index in [9.17, 15) is 0 Å². The monoisotopic (exact) mass is 263 g/mol. The quantitative estimate of drug-likeness (QED) is 0.906. The molecule has 2 N–H and O–H groups in total. The molecule has 1 aromatic heterocycles. The molecule has 2 saturated carbocycles. The number of rotatable bonds is 3. The smallest absolute Gasteiger partial charge is 0.246 e. The number of aromatic nitrogens is 2. The summed E-state index contributed by atoms with van der Waals surface area (Å²) < 4.78 is 5.50. The Morgan fingerprint density at radius 2 is 1.89 bits per heavy atom. The van der Waals surface area contributed by atoms with Crippen LogP contribution in [0.15, 0.2) is 4.52 Å². The zero-order valence-corrected chi connectivity index (χ0v) is 11.9. The van der Waals surface area contributed by atoms with E-state index in [4.69, 9.17) is 10.3 Å². The zero-order chi connectivity index (χ0) is 13.3. The molecule has 2 aliphatic carbocycles. The first kappa shape index (κ1) is 13.1. The van der Waals surface area contributed by atoms with Gasteiger partial charge in [-0.05, 0) is 44.4 Å². The summed E-state index contributed by atoms with van der Waals surface area (Å²) >= 11 is 0. The predicted octanol–water partition coefficient (Wildman–Crippen LogP) is 3.48. The van der Waals surface area contributed by atoms with Crippen LogP contribution in [0.25, 0.3) is 0 Å². The second-order valence-electron chi connectivity index (χ2n) is 6.45. The number of hydrogen-bond donors (Lipinski definition) is 1. The van der Waals surface area contributed by atoms with Crippen molar-refractivity contribution in [2.75, 3.05) is 0 Å². The van der Waals surface area contributed by atoms with Crippen LogP contribution in [0.4, 0.5) is 0 Å². The predicted molar refractivity (Wildman–Crippen MR) is 73.6 cm³/mol. The van der Waals surface area contributed by atoms with Gasteiger partial charge in [-0.15, -0.1) is 0 Å². The number of nitrogens with two attached hydrogens (primary N) is 1. The minimum Gasteiger partial charge on any atom is -0.337 e. The van der Waals surface area contributed by atoms with Crippen LogP contribution in [0, 0.1) is 5.92 Å². The molecule has 0 atom stereocenters. The fourth-order valence-electron chi connectivity index (χ4n) is 3.60. The summed E-state index contributed by atoms with van der Waals surface area (Å²) in [7, 11) is 0. The van der Waals surface area contributed by atoms with E-state index in [1.54, 1.807) is 0 Å². The summed E-state index contributed by atoms with van der Waals surface area (Å²) in [5, 5.41) is 4.19. The number of nitrogens with zero attached hydrogens (tertiary/aromatic N) is 2. The Hall–Kier alpha value is -0.900. The minimum absolute atomic E-state index is 0.366. The Morgan fingerprint density at radius 3 is 2.53 bits per heavy atom. The van der Waals surface area contributed by atoms with Crippen LogP contribution in [0.1, 0.15) is 82.3 Å². The Morgan fingerprint density at radius 1 is 1.21 bits per heavy atom. The molecule has 0 aliphatic heterocycles. The Bertz CT molecular complexity index is 415. The van der Waals surface area contributed by atoms with E-state index in [-0.39, 0.29) is 5.54 Å². The fourth-order valence-corrected chi connectivity index (χ4v) is 3.60. The molecule has 0 unspecified atom stereocenters. The van der Waals surface area contributed by atoms with Crippen LogP contribution >= 0.6 is 0 Å².